The van der Waals surface area contributed by atoms with E-state index in [9.17, 15) is 14.4 Å². The zero-order valence-electron chi connectivity index (χ0n) is 15.2. The molecule has 0 aliphatic carbocycles. The van der Waals surface area contributed by atoms with Crippen LogP contribution < -0.4 is 0 Å². The number of fused-ring (bicyclic) bond motifs is 1. The third-order valence-electron chi connectivity index (χ3n) is 5.06. The molecule has 3 heterocycles. The van der Waals surface area contributed by atoms with Crippen molar-refractivity contribution >= 4 is 17.4 Å². The summed E-state index contributed by atoms with van der Waals surface area (Å²) in [7, 11) is 0. The molecule has 1 saturated heterocycles. The number of allylic oxidation sites excluding steroid dienone is 2. The highest BCUT2D eigenvalue weighted by Crippen LogP contribution is 2.37. The van der Waals surface area contributed by atoms with E-state index in [2.05, 4.69) is 4.98 Å². The van der Waals surface area contributed by atoms with E-state index in [1.54, 1.807) is 35.4 Å². The van der Waals surface area contributed by atoms with Crippen LogP contribution in [0.15, 0.2) is 60.5 Å². The van der Waals surface area contributed by atoms with Gasteiger partial charge >= 0.3 is 0 Å². The molecule has 0 amide bonds. The number of pyridine rings is 1. The van der Waals surface area contributed by atoms with Crippen LogP contribution in [0.5, 0.6) is 0 Å². The number of carbonyl (C=O) groups excluding carboxylic acids is 1. The molecule has 146 valence electrons. The molecule has 0 saturated carbocycles. The van der Waals surface area contributed by atoms with Gasteiger partial charge in [-0.2, -0.15) is 10.3 Å². The van der Waals surface area contributed by atoms with Crippen LogP contribution in [0, 0.1) is 17.1 Å². The summed E-state index contributed by atoms with van der Waals surface area (Å²) in [6, 6.07) is 7.95. The number of rotatable bonds is 3. The van der Waals surface area contributed by atoms with Gasteiger partial charge in [0.25, 0.3) is 0 Å². The molecule has 1 aromatic heterocycles. The van der Waals surface area contributed by atoms with Crippen molar-refractivity contribution in [1.82, 2.24) is 14.9 Å². The number of benzene rings is 1. The lowest BCUT2D eigenvalue weighted by Gasteiger charge is -2.47. The molecule has 1 aromatic carbocycles. The third-order valence-corrected chi connectivity index (χ3v) is 5.29. The van der Waals surface area contributed by atoms with Crippen LogP contribution >= 0.6 is 11.6 Å². The fourth-order valence-corrected chi connectivity index (χ4v) is 3.76. The molecular formula is C21H16ClFN4O2. The van der Waals surface area contributed by atoms with Crippen LogP contribution in [0.25, 0.3) is 0 Å². The molecule has 2 aliphatic heterocycles. The highest BCUT2D eigenvalue weighted by Gasteiger charge is 2.45. The Morgan fingerprint density at radius 2 is 2.17 bits per heavy atom. The van der Waals surface area contributed by atoms with Gasteiger partial charge in [0.05, 0.1) is 17.3 Å². The summed E-state index contributed by atoms with van der Waals surface area (Å²) in [5, 5.41) is 21.2. The number of halogens is 2. The Morgan fingerprint density at radius 3 is 2.86 bits per heavy atom. The number of hydrogen-bond acceptors (Lipinski definition) is 6. The van der Waals surface area contributed by atoms with Crippen molar-refractivity contribution in [3.05, 3.63) is 88.1 Å². The Bertz CT molecular complexity index is 1060. The average molecular weight is 411 g/mol. The van der Waals surface area contributed by atoms with E-state index in [4.69, 9.17) is 16.9 Å². The molecule has 4 rings (SSSR count). The smallest absolute Gasteiger partial charge is 0.203 e. The van der Waals surface area contributed by atoms with Crippen LogP contribution in [-0.4, -0.2) is 38.6 Å². The fourth-order valence-electron chi connectivity index (χ4n) is 3.65. The summed E-state index contributed by atoms with van der Waals surface area (Å²) >= 11 is 5.85. The molecule has 0 spiro atoms. The highest BCUT2D eigenvalue weighted by atomic mass is 35.5. The lowest BCUT2D eigenvalue weighted by molar-refractivity contribution is -0.209. The van der Waals surface area contributed by atoms with Crippen LogP contribution in [0.2, 0.25) is 5.15 Å². The minimum absolute atomic E-state index is 0.0193. The molecule has 1 fully saturated rings. The summed E-state index contributed by atoms with van der Waals surface area (Å²) in [6.07, 6.45) is 6.64. The van der Waals surface area contributed by atoms with Gasteiger partial charge in [-0.3, -0.25) is 4.79 Å². The SMILES string of the molecule is N#Cc1ccc(C2C(=O)C3=CC=CCN3C(Cc3ccc(Cl)nc3)N2O)c(F)c1. The van der Waals surface area contributed by atoms with E-state index >= 15 is 0 Å². The molecule has 1 N–H and O–H groups in total. The second-order valence-corrected chi connectivity index (χ2v) is 7.19. The molecule has 2 aliphatic rings. The Kier molecular flexibility index (Phi) is 5.16. The molecule has 6 nitrogen and oxygen atoms in total. The highest BCUT2D eigenvalue weighted by molar-refractivity contribution is 6.29. The number of aromatic nitrogens is 1. The summed E-state index contributed by atoms with van der Waals surface area (Å²) < 4.78 is 14.7. The topological polar surface area (TPSA) is 80.5 Å². The van der Waals surface area contributed by atoms with Gasteiger partial charge in [-0.25, -0.2) is 9.37 Å². The zero-order chi connectivity index (χ0) is 20.5. The van der Waals surface area contributed by atoms with Crippen molar-refractivity contribution < 1.29 is 14.4 Å². The molecule has 8 heteroatoms. The normalized spacial score (nSPS) is 21.5. The molecule has 0 radical (unpaired) electrons. The van der Waals surface area contributed by atoms with E-state index in [1.807, 2.05) is 12.1 Å². The number of Topliss-reactive ketones (excluding diaryl/α,β-unsaturated/α-hetero) is 1. The van der Waals surface area contributed by atoms with Gasteiger partial charge in [0.2, 0.25) is 5.78 Å². The number of nitrogens with zero attached hydrogens (tertiary/aromatic N) is 4. The molecule has 29 heavy (non-hydrogen) atoms. The lowest BCUT2D eigenvalue weighted by Crippen LogP contribution is -2.57. The number of hydroxylamine groups is 2. The maximum Gasteiger partial charge on any atom is 0.203 e. The Hall–Kier alpha value is -3.05. The standard InChI is InChI=1S/C21H16ClFN4O2/c22-18-7-5-14(12-25-18)10-19-26-8-2-1-3-17(26)21(28)20(27(19)29)15-6-4-13(11-24)9-16(15)23/h1-7,9,12,19-20,29H,8,10H2. The molecule has 2 aromatic rings. The monoisotopic (exact) mass is 410 g/mol. The molecule has 0 bridgehead atoms. The van der Waals surface area contributed by atoms with Gasteiger partial charge in [0, 0.05) is 24.7 Å². The summed E-state index contributed by atoms with van der Waals surface area (Å²) in [4.78, 5) is 18.9. The van der Waals surface area contributed by atoms with Crippen LogP contribution in [0.1, 0.15) is 22.7 Å². The van der Waals surface area contributed by atoms with Crippen molar-refractivity contribution in [3.63, 3.8) is 0 Å². The third kappa shape index (κ3) is 3.54. The van der Waals surface area contributed by atoms with E-state index < -0.39 is 23.8 Å². The quantitative estimate of drug-likeness (QED) is 0.781. The van der Waals surface area contributed by atoms with Crippen molar-refractivity contribution in [2.75, 3.05) is 6.54 Å². The number of ketones is 1. The predicted octanol–water partition coefficient (Wildman–Crippen LogP) is 3.39. The zero-order valence-corrected chi connectivity index (χ0v) is 15.9. The Balaban J connectivity index is 1.75. The lowest BCUT2D eigenvalue weighted by atomic mass is 9.92. The van der Waals surface area contributed by atoms with E-state index in [1.165, 1.54) is 12.1 Å². The largest absolute Gasteiger partial charge is 0.347 e. The first-order valence-corrected chi connectivity index (χ1v) is 9.32. The van der Waals surface area contributed by atoms with E-state index in [-0.39, 0.29) is 11.1 Å². The van der Waals surface area contributed by atoms with Crippen LogP contribution in [0.3, 0.4) is 0 Å². The first-order valence-electron chi connectivity index (χ1n) is 8.94. The molecule has 2 atom stereocenters. The van der Waals surface area contributed by atoms with Crippen molar-refractivity contribution in [2.24, 2.45) is 0 Å². The first-order chi connectivity index (χ1) is 14.0. The second kappa shape index (κ2) is 7.76. The van der Waals surface area contributed by atoms with Gasteiger partial charge in [0.15, 0.2) is 0 Å². The Morgan fingerprint density at radius 1 is 1.34 bits per heavy atom. The first kappa shape index (κ1) is 19.3. The average Bonchev–Trinajstić information content (AvgIpc) is 2.73. The van der Waals surface area contributed by atoms with Gasteiger partial charge in [0.1, 0.15) is 23.2 Å². The maximum absolute atomic E-state index is 14.7. The van der Waals surface area contributed by atoms with Crippen LogP contribution in [-0.2, 0) is 11.2 Å². The summed E-state index contributed by atoms with van der Waals surface area (Å²) in [6.45, 7) is 0.433. The van der Waals surface area contributed by atoms with E-state index in [0.717, 1.165) is 16.7 Å². The van der Waals surface area contributed by atoms with Crippen LogP contribution in [0.4, 0.5) is 4.39 Å². The van der Waals surface area contributed by atoms with Gasteiger partial charge in [-0.15, -0.1) is 0 Å². The molecule has 2 unspecified atom stereocenters. The van der Waals surface area contributed by atoms with Crippen molar-refractivity contribution in [2.45, 2.75) is 18.6 Å². The Labute approximate surface area is 171 Å². The van der Waals surface area contributed by atoms with E-state index in [0.29, 0.717) is 23.8 Å². The van der Waals surface area contributed by atoms with Gasteiger partial charge in [-0.1, -0.05) is 35.9 Å². The minimum Gasteiger partial charge on any atom is -0.347 e. The van der Waals surface area contributed by atoms with Gasteiger partial charge in [-0.05, 0) is 29.8 Å². The summed E-state index contributed by atoms with van der Waals surface area (Å²) in [5.74, 6) is -1.13. The predicted molar refractivity (Wildman–Crippen MR) is 103 cm³/mol. The molecular weight excluding hydrogens is 395 g/mol. The maximum atomic E-state index is 14.7. The summed E-state index contributed by atoms with van der Waals surface area (Å²) in [5.41, 5.74) is 1.37. The fraction of sp³-hybridized carbons (Fsp3) is 0.190. The number of hydrogen-bond donors (Lipinski definition) is 1. The van der Waals surface area contributed by atoms with Crippen molar-refractivity contribution in [1.29, 1.82) is 5.26 Å². The van der Waals surface area contributed by atoms with Gasteiger partial charge < -0.3 is 10.1 Å². The number of carbonyl (C=O) groups is 1. The number of nitriles is 1. The second-order valence-electron chi connectivity index (χ2n) is 6.80. The minimum atomic E-state index is -1.22. The van der Waals surface area contributed by atoms with Crippen molar-refractivity contribution in [3.8, 4) is 6.07 Å².